The lowest BCUT2D eigenvalue weighted by molar-refractivity contribution is -0.142. The molecule has 0 aromatic heterocycles. The van der Waals surface area contributed by atoms with Crippen LogP contribution in [0.1, 0.15) is 30.4 Å². The van der Waals surface area contributed by atoms with Crippen LogP contribution in [-0.2, 0) is 22.2 Å². The van der Waals surface area contributed by atoms with E-state index in [4.69, 9.17) is 5.11 Å². The van der Waals surface area contributed by atoms with E-state index in [0.717, 1.165) is 12.1 Å². The van der Waals surface area contributed by atoms with Crippen molar-refractivity contribution in [3.05, 3.63) is 35.4 Å². The van der Waals surface area contributed by atoms with Gasteiger partial charge in [-0.1, -0.05) is 18.2 Å². The van der Waals surface area contributed by atoms with Crippen molar-refractivity contribution in [2.75, 3.05) is 6.67 Å². The lowest BCUT2D eigenvalue weighted by atomic mass is 10.1. The van der Waals surface area contributed by atoms with Crippen LogP contribution in [0.5, 0.6) is 0 Å². The van der Waals surface area contributed by atoms with E-state index in [2.05, 4.69) is 5.32 Å². The third-order valence-electron chi connectivity index (χ3n) is 3.13. The molecule has 0 radical (unpaired) electrons. The van der Waals surface area contributed by atoms with Gasteiger partial charge >= 0.3 is 12.1 Å². The van der Waals surface area contributed by atoms with E-state index in [-0.39, 0.29) is 31.2 Å². The van der Waals surface area contributed by atoms with Gasteiger partial charge in [0.15, 0.2) is 0 Å². The molecule has 128 valence electrons. The summed E-state index contributed by atoms with van der Waals surface area (Å²) < 4.78 is 49.8. The molecule has 1 rings (SSSR count). The van der Waals surface area contributed by atoms with Gasteiger partial charge in [-0.15, -0.1) is 0 Å². The first-order valence-electron chi connectivity index (χ1n) is 6.98. The largest absolute Gasteiger partial charge is 0.480 e. The second-order valence-corrected chi connectivity index (χ2v) is 5.02. The van der Waals surface area contributed by atoms with Gasteiger partial charge in [-0.2, -0.15) is 13.2 Å². The Morgan fingerprint density at radius 3 is 2.48 bits per heavy atom. The van der Waals surface area contributed by atoms with Crippen molar-refractivity contribution in [1.82, 2.24) is 5.32 Å². The number of halogens is 4. The van der Waals surface area contributed by atoms with Crippen LogP contribution in [0, 0.1) is 0 Å². The lowest BCUT2D eigenvalue weighted by Crippen LogP contribution is -2.41. The highest BCUT2D eigenvalue weighted by molar-refractivity contribution is 5.84. The fourth-order valence-electron chi connectivity index (χ4n) is 1.99. The van der Waals surface area contributed by atoms with Crippen molar-refractivity contribution in [2.45, 2.75) is 37.9 Å². The number of rotatable bonds is 8. The maximum Gasteiger partial charge on any atom is 0.416 e. The van der Waals surface area contributed by atoms with Crippen LogP contribution in [-0.4, -0.2) is 29.7 Å². The number of alkyl halides is 4. The van der Waals surface area contributed by atoms with Crippen molar-refractivity contribution in [3.8, 4) is 0 Å². The summed E-state index contributed by atoms with van der Waals surface area (Å²) in [6.45, 7) is -0.579. The molecular weight excluding hydrogens is 318 g/mol. The number of hydrogen-bond donors (Lipinski definition) is 2. The molecule has 0 bridgehead atoms. The molecule has 4 nitrogen and oxygen atoms in total. The van der Waals surface area contributed by atoms with Gasteiger partial charge in [0.05, 0.1) is 18.7 Å². The van der Waals surface area contributed by atoms with Gasteiger partial charge in [-0.3, -0.25) is 9.18 Å². The Labute approximate surface area is 130 Å². The smallest absolute Gasteiger partial charge is 0.416 e. The molecule has 0 unspecified atom stereocenters. The van der Waals surface area contributed by atoms with Crippen LogP contribution in [0.15, 0.2) is 24.3 Å². The minimum atomic E-state index is -4.51. The Morgan fingerprint density at radius 2 is 1.91 bits per heavy atom. The van der Waals surface area contributed by atoms with Crippen molar-refractivity contribution in [3.63, 3.8) is 0 Å². The summed E-state index contributed by atoms with van der Waals surface area (Å²) in [7, 11) is 0. The molecule has 2 N–H and O–H groups in total. The summed E-state index contributed by atoms with van der Waals surface area (Å²) in [4.78, 5) is 22.8. The highest BCUT2D eigenvalue weighted by atomic mass is 19.4. The Bertz CT molecular complexity index is 546. The number of carbonyl (C=O) groups excluding carboxylic acids is 1. The van der Waals surface area contributed by atoms with Crippen molar-refractivity contribution in [1.29, 1.82) is 0 Å². The summed E-state index contributed by atoms with van der Waals surface area (Å²) >= 11 is 0. The van der Waals surface area contributed by atoms with E-state index < -0.39 is 36.3 Å². The van der Waals surface area contributed by atoms with Gasteiger partial charge in [0.2, 0.25) is 5.91 Å². The first kappa shape index (κ1) is 18.9. The predicted octanol–water partition coefficient (Wildman–Crippen LogP) is 2.96. The standard InChI is InChI=1S/C15H17F4NO3/c16-7-2-1-6-12(14(22)23)20-13(21)9-10-4-3-5-11(8-10)15(17,18)19/h3-5,8,12H,1-2,6-7,9H2,(H,20,21)(H,22,23)/t12-/m0/s1. The number of hydrogen-bond acceptors (Lipinski definition) is 2. The zero-order valence-electron chi connectivity index (χ0n) is 12.2. The highest BCUT2D eigenvalue weighted by Crippen LogP contribution is 2.29. The number of nitrogens with one attached hydrogen (secondary N) is 1. The minimum Gasteiger partial charge on any atom is -0.480 e. The molecule has 1 atom stereocenters. The van der Waals surface area contributed by atoms with Gasteiger partial charge in [-0.05, 0) is 30.9 Å². The third-order valence-corrected chi connectivity index (χ3v) is 3.13. The topological polar surface area (TPSA) is 66.4 Å². The van der Waals surface area contributed by atoms with Crippen LogP contribution < -0.4 is 5.32 Å². The molecule has 1 amide bonds. The van der Waals surface area contributed by atoms with Crippen LogP contribution in [0.4, 0.5) is 17.6 Å². The van der Waals surface area contributed by atoms with Crippen molar-refractivity contribution >= 4 is 11.9 Å². The Balaban J connectivity index is 2.66. The Morgan fingerprint density at radius 1 is 1.22 bits per heavy atom. The molecule has 0 saturated heterocycles. The third kappa shape index (κ3) is 6.66. The number of carboxylic acids is 1. The average Bonchev–Trinajstić information content (AvgIpc) is 2.45. The molecule has 0 saturated carbocycles. The van der Waals surface area contributed by atoms with Gasteiger partial charge in [0.25, 0.3) is 0 Å². The number of carbonyl (C=O) groups is 2. The summed E-state index contributed by atoms with van der Waals surface area (Å²) in [5.41, 5.74) is -0.745. The molecule has 0 aliphatic heterocycles. The molecule has 23 heavy (non-hydrogen) atoms. The molecule has 0 spiro atoms. The van der Waals surface area contributed by atoms with Crippen LogP contribution in [0.25, 0.3) is 0 Å². The molecule has 8 heteroatoms. The number of aliphatic carboxylic acids is 1. The molecular formula is C15H17F4NO3. The molecule has 0 fully saturated rings. The second-order valence-electron chi connectivity index (χ2n) is 5.02. The van der Waals surface area contributed by atoms with Gasteiger partial charge < -0.3 is 10.4 Å². The number of carboxylic acid groups (broad SMARTS) is 1. The summed E-state index contributed by atoms with van der Waals surface area (Å²) in [6, 6.07) is 3.09. The van der Waals surface area contributed by atoms with E-state index >= 15 is 0 Å². The molecule has 1 aromatic rings. The van der Waals surface area contributed by atoms with E-state index in [0.29, 0.717) is 0 Å². The van der Waals surface area contributed by atoms with E-state index in [9.17, 15) is 27.2 Å². The van der Waals surface area contributed by atoms with Crippen LogP contribution in [0.3, 0.4) is 0 Å². The summed E-state index contributed by atoms with van der Waals surface area (Å²) in [5.74, 6) is -1.96. The maximum atomic E-state index is 12.6. The summed E-state index contributed by atoms with van der Waals surface area (Å²) in [6.07, 6.45) is -4.34. The SMILES string of the molecule is O=C(Cc1cccc(C(F)(F)F)c1)N[C@@H](CCCCF)C(=O)O. The normalized spacial score (nSPS) is 12.7. The van der Waals surface area contributed by atoms with Gasteiger partial charge in [0.1, 0.15) is 6.04 Å². The van der Waals surface area contributed by atoms with Crippen molar-refractivity contribution in [2.24, 2.45) is 0 Å². The van der Waals surface area contributed by atoms with E-state index in [1.165, 1.54) is 12.1 Å². The fraction of sp³-hybridized carbons (Fsp3) is 0.467. The molecule has 0 aliphatic rings. The quantitative estimate of drug-likeness (QED) is 0.567. The molecule has 0 heterocycles. The lowest BCUT2D eigenvalue weighted by Gasteiger charge is -2.14. The first-order valence-corrected chi connectivity index (χ1v) is 6.98. The van der Waals surface area contributed by atoms with E-state index in [1.807, 2.05) is 0 Å². The molecule has 1 aromatic carbocycles. The van der Waals surface area contributed by atoms with Crippen molar-refractivity contribution < 1.29 is 32.3 Å². The average molecular weight is 335 g/mol. The van der Waals surface area contributed by atoms with Gasteiger partial charge in [-0.25, -0.2) is 4.79 Å². The zero-order valence-corrected chi connectivity index (χ0v) is 12.2. The molecule has 0 aliphatic carbocycles. The number of benzene rings is 1. The van der Waals surface area contributed by atoms with E-state index in [1.54, 1.807) is 0 Å². The predicted molar refractivity (Wildman–Crippen MR) is 74.5 cm³/mol. The van der Waals surface area contributed by atoms with Crippen LogP contribution in [0.2, 0.25) is 0 Å². The number of amides is 1. The zero-order chi connectivity index (χ0) is 17.5. The first-order chi connectivity index (χ1) is 10.7. The van der Waals surface area contributed by atoms with Gasteiger partial charge in [0, 0.05) is 0 Å². The summed E-state index contributed by atoms with van der Waals surface area (Å²) in [5, 5.41) is 11.2. The Kier molecular flexibility index (Phi) is 6.99. The monoisotopic (exact) mass is 335 g/mol. The minimum absolute atomic E-state index is 0.0631. The second kappa shape index (κ2) is 8.50. The Hall–Kier alpha value is -2.12. The maximum absolute atomic E-state index is 12.6. The van der Waals surface area contributed by atoms with Crippen LogP contribution >= 0.6 is 0 Å². The fourth-order valence-corrected chi connectivity index (χ4v) is 1.99. The highest BCUT2D eigenvalue weighted by Gasteiger charge is 2.30. The number of unbranched alkanes of at least 4 members (excludes halogenated alkanes) is 1.